The predicted octanol–water partition coefficient (Wildman–Crippen LogP) is 3.34. The third-order valence-electron chi connectivity index (χ3n) is 9.14. The van der Waals surface area contributed by atoms with Gasteiger partial charge in [0.15, 0.2) is 0 Å². The summed E-state index contributed by atoms with van der Waals surface area (Å²) in [7, 11) is 0. The highest BCUT2D eigenvalue weighted by molar-refractivity contribution is 5.92. The van der Waals surface area contributed by atoms with Crippen LogP contribution in [0.5, 0.6) is 0 Å². The first-order valence-electron chi connectivity index (χ1n) is 18.5. The van der Waals surface area contributed by atoms with Gasteiger partial charge < -0.3 is 40.8 Å². The molecule has 298 valence electrons. The van der Waals surface area contributed by atoms with Crippen molar-refractivity contribution >= 4 is 35.7 Å². The molecule has 5 amide bonds. The molecule has 0 radical (unpaired) electrons. The minimum Gasteiger partial charge on any atom is -0.460 e. The molecule has 1 atom stereocenters. The number of hydrogen-bond acceptors (Lipinski definition) is 9. The second-order valence-electron chi connectivity index (χ2n) is 14.0. The van der Waals surface area contributed by atoms with E-state index < -0.39 is 66.8 Å². The van der Waals surface area contributed by atoms with Gasteiger partial charge in [-0.15, -0.1) is 0 Å². The van der Waals surface area contributed by atoms with Crippen LogP contribution in [0.25, 0.3) is 11.1 Å². The van der Waals surface area contributed by atoms with Crippen molar-refractivity contribution in [1.82, 2.24) is 26.6 Å². The molecule has 0 fully saturated rings. The minimum absolute atomic E-state index is 0.0273. The first-order chi connectivity index (χ1) is 27.5. The van der Waals surface area contributed by atoms with Gasteiger partial charge in [0.25, 0.3) is 0 Å². The number of amides is 5. The van der Waals surface area contributed by atoms with Gasteiger partial charge in [-0.25, -0.2) is 4.79 Å². The Labute approximate surface area is 331 Å². The first-order valence-corrected chi connectivity index (χ1v) is 18.5. The molecule has 4 aromatic rings. The van der Waals surface area contributed by atoms with Crippen LogP contribution in [0.4, 0.5) is 4.79 Å². The lowest BCUT2D eigenvalue weighted by molar-refractivity contribution is -0.159. The summed E-state index contributed by atoms with van der Waals surface area (Å²) in [4.78, 5) is 76.0. The molecule has 5 rings (SSSR count). The summed E-state index contributed by atoms with van der Waals surface area (Å²) in [5.41, 5.74) is 4.91. The van der Waals surface area contributed by atoms with Gasteiger partial charge in [-0.2, -0.15) is 0 Å². The van der Waals surface area contributed by atoms with Gasteiger partial charge in [-0.3, -0.25) is 24.0 Å². The third kappa shape index (κ3) is 12.5. The number of rotatable bonds is 19. The Kier molecular flexibility index (Phi) is 14.9. The fourth-order valence-electron chi connectivity index (χ4n) is 6.12. The van der Waals surface area contributed by atoms with Gasteiger partial charge in [0.05, 0.1) is 25.1 Å². The molecule has 0 spiro atoms. The van der Waals surface area contributed by atoms with Crippen LogP contribution in [-0.4, -0.2) is 81.3 Å². The van der Waals surface area contributed by atoms with Crippen molar-refractivity contribution in [2.75, 3.05) is 39.6 Å². The Balaban J connectivity index is 1.01. The summed E-state index contributed by atoms with van der Waals surface area (Å²) < 4.78 is 16.3. The zero-order valence-electron chi connectivity index (χ0n) is 31.9. The molecule has 0 aromatic heterocycles. The zero-order valence-corrected chi connectivity index (χ0v) is 31.9. The van der Waals surface area contributed by atoms with E-state index in [4.69, 9.17) is 14.2 Å². The van der Waals surface area contributed by atoms with E-state index in [1.807, 2.05) is 84.9 Å². The largest absolute Gasteiger partial charge is 0.460 e. The highest BCUT2D eigenvalue weighted by Gasteiger charge is 2.31. The number of ether oxygens (including phenoxy) is 3. The number of nitrogens with one attached hydrogen (secondary N) is 5. The van der Waals surface area contributed by atoms with Crippen molar-refractivity contribution in [3.8, 4) is 11.1 Å². The van der Waals surface area contributed by atoms with Crippen molar-refractivity contribution in [2.24, 2.45) is 5.41 Å². The molecule has 57 heavy (non-hydrogen) atoms. The predicted molar refractivity (Wildman–Crippen MR) is 210 cm³/mol. The minimum atomic E-state index is -1.08. The quantitative estimate of drug-likeness (QED) is 0.0540. The first kappa shape index (κ1) is 41.6. The Hall–Kier alpha value is -6.54. The number of fused-ring (bicyclic) bond motifs is 3. The molecule has 0 saturated carbocycles. The maximum atomic E-state index is 13.2. The van der Waals surface area contributed by atoms with E-state index in [1.165, 1.54) is 0 Å². The SMILES string of the molecule is CC(C)(COCNC(=O)CNC(=O)[C@H](Cc1ccccc1)NC(=O)CNC(=O)CNC(=O)OCC1c2ccccc2-c2ccccc21)C(=O)OCc1ccccc1. The number of alkyl carbamates (subject to hydrolysis) is 1. The number of esters is 1. The van der Waals surface area contributed by atoms with Gasteiger partial charge in [-0.1, -0.05) is 109 Å². The summed E-state index contributed by atoms with van der Waals surface area (Å²) in [6.07, 6.45) is -0.676. The van der Waals surface area contributed by atoms with Crippen LogP contribution in [0.1, 0.15) is 42.0 Å². The van der Waals surface area contributed by atoms with E-state index in [9.17, 15) is 28.8 Å². The standard InChI is InChI=1S/C43H47N5O9/c1-43(2,41(53)56-25-30-15-7-4-8-16-30)27-55-28-47-38(50)22-45-40(52)36(21-29-13-5-3-6-14-29)48-39(51)24-44-37(49)23-46-42(54)57-26-35-33-19-11-9-17-31(33)32-18-10-12-20-34(32)35/h3-20,35-36H,21-28H2,1-2H3,(H,44,49)(H,45,52)(H,46,54)(H,47,50)(H,48,51)/t36-/m0/s1. The second-order valence-corrected chi connectivity index (χ2v) is 14.0. The number of hydrogen-bond donors (Lipinski definition) is 5. The topological polar surface area (TPSA) is 190 Å². The zero-order chi connectivity index (χ0) is 40.6. The molecule has 1 aliphatic rings. The van der Waals surface area contributed by atoms with Crippen molar-refractivity contribution in [2.45, 2.75) is 38.8 Å². The lowest BCUT2D eigenvalue weighted by Crippen LogP contribution is -2.52. The van der Waals surface area contributed by atoms with E-state index in [0.717, 1.165) is 33.4 Å². The Morgan fingerprint density at radius 1 is 0.614 bits per heavy atom. The van der Waals surface area contributed by atoms with Crippen molar-refractivity contribution < 1.29 is 43.0 Å². The molecule has 0 saturated heterocycles. The molecule has 1 aliphatic carbocycles. The van der Waals surface area contributed by atoms with Crippen LogP contribution in [0.3, 0.4) is 0 Å². The maximum Gasteiger partial charge on any atom is 0.407 e. The molecule has 0 unspecified atom stereocenters. The molecule has 5 N–H and O–H groups in total. The summed E-state index contributed by atoms with van der Waals surface area (Å²) in [6, 6.07) is 33.0. The molecule has 14 nitrogen and oxygen atoms in total. The number of carbonyl (C=O) groups excluding carboxylic acids is 6. The molecular weight excluding hydrogens is 730 g/mol. The Morgan fingerprint density at radius 2 is 1.16 bits per heavy atom. The Morgan fingerprint density at radius 3 is 1.81 bits per heavy atom. The van der Waals surface area contributed by atoms with E-state index in [2.05, 4.69) is 26.6 Å². The number of benzene rings is 4. The average Bonchev–Trinajstić information content (AvgIpc) is 3.55. The van der Waals surface area contributed by atoms with Crippen LogP contribution in [-0.2, 0) is 51.2 Å². The van der Waals surface area contributed by atoms with E-state index in [0.29, 0.717) is 0 Å². The Bertz CT molecular complexity index is 1980. The average molecular weight is 778 g/mol. The molecule has 14 heteroatoms. The highest BCUT2D eigenvalue weighted by Crippen LogP contribution is 2.44. The monoisotopic (exact) mass is 777 g/mol. The highest BCUT2D eigenvalue weighted by atomic mass is 16.6. The van der Waals surface area contributed by atoms with Gasteiger partial charge in [0, 0.05) is 12.3 Å². The summed E-state index contributed by atoms with van der Waals surface area (Å²) in [5, 5.41) is 12.5. The van der Waals surface area contributed by atoms with E-state index in [1.54, 1.807) is 38.1 Å². The van der Waals surface area contributed by atoms with Crippen molar-refractivity contribution in [3.63, 3.8) is 0 Å². The molecule has 0 aliphatic heterocycles. The lowest BCUT2D eigenvalue weighted by Gasteiger charge is -2.22. The molecule has 0 bridgehead atoms. The van der Waals surface area contributed by atoms with E-state index in [-0.39, 0.29) is 38.9 Å². The van der Waals surface area contributed by atoms with Gasteiger partial charge in [0.1, 0.15) is 32.5 Å². The van der Waals surface area contributed by atoms with Gasteiger partial charge in [-0.05, 0) is 47.2 Å². The summed E-state index contributed by atoms with van der Waals surface area (Å²) in [6.45, 7) is 1.97. The van der Waals surface area contributed by atoms with Crippen LogP contribution in [0, 0.1) is 5.41 Å². The van der Waals surface area contributed by atoms with E-state index >= 15 is 0 Å². The van der Waals surface area contributed by atoms with Crippen molar-refractivity contribution in [3.05, 3.63) is 131 Å². The summed E-state index contributed by atoms with van der Waals surface area (Å²) >= 11 is 0. The third-order valence-corrected chi connectivity index (χ3v) is 9.14. The lowest BCUT2D eigenvalue weighted by atomic mass is 9.95. The molecule has 0 heterocycles. The van der Waals surface area contributed by atoms with Crippen molar-refractivity contribution in [1.29, 1.82) is 0 Å². The van der Waals surface area contributed by atoms with Crippen LogP contribution < -0.4 is 26.6 Å². The second kappa shape index (κ2) is 20.4. The van der Waals surface area contributed by atoms with Gasteiger partial charge >= 0.3 is 12.1 Å². The maximum absolute atomic E-state index is 13.2. The molecule has 4 aromatic carbocycles. The van der Waals surface area contributed by atoms with Crippen LogP contribution in [0.15, 0.2) is 109 Å². The fraction of sp³-hybridized carbons (Fsp3) is 0.302. The number of carbonyl (C=O) groups is 6. The van der Waals surface area contributed by atoms with Gasteiger partial charge in [0.2, 0.25) is 23.6 Å². The molecular formula is C43H47N5O9. The smallest absolute Gasteiger partial charge is 0.407 e. The fourth-order valence-corrected chi connectivity index (χ4v) is 6.12. The van der Waals surface area contributed by atoms with Crippen LogP contribution >= 0.6 is 0 Å². The van der Waals surface area contributed by atoms with Crippen LogP contribution in [0.2, 0.25) is 0 Å². The summed E-state index contributed by atoms with van der Waals surface area (Å²) in [5.74, 6) is -3.10. The normalized spacial score (nSPS) is 12.2.